The summed E-state index contributed by atoms with van der Waals surface area (Å²) >= 11 is 0. The van der Waals surface area contributed by atoms with Crippen LogP contribution in [-0.4, -0.2) is 37.0 Å². The van der Waals surface area contributed by atoms with Crippen LogP contribution in [-0.2, 0) is 0 Å². The molecule has 132 valence electrons. The number of halogens is 3. The largest absolute Gasteiger partial charge is 0.314 e. The van der Waals surface area contributed by atoms with Gasteiger partial charge in [0.25, 0.3) is 5.92 Å². The maximum absolute atomic E-state index is 14.6. The Morgan fingerprint density at radius 2 is 1.24 bits per heavy atom. The predicted octanol–water partition coefficient (Wildman–Crippen LogP) is 4.09. The SMILES string of the molecule is Br.FC1(F)[C@@H]2c3ccccc3C(N3CCNCC3)c3ccccc3[C@@H]21. The molecule has 1 saturated carbocycles. The number of nitrogens with one attached hydrogen (secondary N) is 1. The van der Waals surface area contributed by atoms with Gasteiger partial charge in [0.1, 0.15) is 0 Å². The lowest BCUT2D eigenvalue weighted by molar-refractivity contribution is 0.103. The molecule has 5 rings (SSSR count). The molecule has 1 N–H and O–H groups in total. The van der Waals surface area contributed by atoms with Crippen molar-refractivity contribution in [1.82, 2.24) is 10.2 Å². The van der Waals surface area contributed by atoms with Crippen LogP contribution in [0.5, 0.6) is 0 Å². The van der Waals surface area contributed by atoms with Crippen LogP contribution >= 0.6 is 17.0 Å². The Morgan fingerprint density at radius 3 is 1.72 bits per heavy atom. The first kappa shape index (κ1) is 17.1. The summed E-state index contributed by atoms with van der Waals surface area (Å²) in [5.74, 6) is -3.95. The second-order valence-electron chi connectivity index (χ2n) is 7.08. The maximum Gasteiger partial charge on any atom is 0.263 e. The van der Waals surface area contributed by atoms with Gasteiger partial charge in [-0.25, -0.2) is 8.78 Å². The fourth-order valence-corrected chi connectivity index (χ4v) is 4.69. The molecule has 1 heterocycles. The van der Waals surface area contributed by atoms with Crippen LogP contribution in [0.3, 0.4) is 0 Å². The minimum Gasteiger partial charge on any atom is -0.314 e. The van der Waals surface area contributed by atoms with Crippen LogP contribution in [0.1, 0.15) is 40.1 Å². The maximum atomic E-state index is 14.6. The normalized spacial score (nSPS) is 29.4. The van der Waals surface area contributed by atoms with Crippen LogP contribution in [0.4, 0.5) is 8.78 Å². The zero-order valence-electron chi connectivity index (χ0n) is 13.8. The lowest BCUT2D eigenvalue weighted by atomic mass is 9.90. The summed E-state index contributed by atoms with van der Waals surface area (Å²) in [6.07, 6.45) is 0. The molecule has 2 nitrogen and oxygen atoms in total. The Balaban J connectivity index is 0.00000157. The van der Waals surface area contributed by atoms with Crippen LogP contribution in [0.2, 0.25) is 0 Å². The van der Waals surface area contributed by atoms with E-state index in [0.717, 1.165) is 48.4 Å². The van der Waals surface area contributed by atoms with E-state index in [4.69, 9.17) is 0 Å². The van der Waals surface area contributed by atoms with Gasteiger partial charge in [-0.1, -0.05) is 48.5 Å². The summed E-state index contributed by atoms with van der Waals surface area (Å²) in [5.41, 5.74) is 3.81. The molecule has 25 heavy (non-hydrogen) atoms. The molecule has 0 amide bonds. The van der Waals surface area contributed by atoms with Crippen LogP contribution in [0, 0.1) is 0 Å². The highest BCUT2D eigenvalue weighted by Crippen LogP contribution is 2.70. The van der Waals surface area contributed by atoms with Crippen molar-refractivity contribution in [2.45, 2.75) is 23.8 Å². The van der Waals surface area contributed by atoms with E-state index in [1.54, 1.807) is 0 Å². The molecule has 2 fully saturated rings. The highest BCUT2D eigenvalue weighted by atomic mass is 79.9. The molecule has 3 atom stereocenters. The van der Waals surface area contributed by atoms with Crippen molar-refractivity contribution in [3.8, 4) is 0 Å². The van der Waals surface area contributed by atoms with Crippen molar-refractivity contribution >= 4 is 17.0 Å². The average molecular weight is 407 g/mol. The molecule has 0 spiro atoms. The number of piperazine rings is 1. The topological polar surface area (TPSA) is 15.3 Å². The Labute approximate surface area is 157 Å². The number of alkyl halides is 2. The molecule has 0 bridgehead atoms. The van der Waals surface area contributed by atoms with E-state index >= 15 is 0 Å². The first-order chi connectivity index (χ1) is 11.7. The lowest BCUT2D eigenvalue weighted by Crippen LogP contribution is -2.45. The molecule has 0 aromatic heterocycles. The van der Waals surface area contributed by atoms with Gasteiger partial charge in [-0.05, 0) is 22.3 Å². The quantitative estimate of drug-likeness (QED) is 0.766. The molecule has 1 aliphatic heterocycles. The number of rotatable bonds is 1. The molecular formula is C20H21BrF2N2. The molecule has 2 aromatic carbocycles. The van der Waals surface area contributed by atoms with Gasteiger partial charge in [0.2, 0.25) is 0 Å². The lowest BCUT2D eigenvalue weighted by Gasteiger charge is -2.37. The molecule has 2 aromatic rings. The van der Waals surface area contributed by atoms with E-state index in [2.05, 4.69) is 22.3 Å². The molecule has 1 saturated heterocycles. The van der Waals surface area contributed by atoms with Crippen molar-refractivity contribution in [1.29, 1.82) is 0 Å². The predicted molar refractivity (Wildman–Crippen MR) is 99.9 cm³/mol. The van der Waals surface area contributed by atoms with Gasteiger partial charge >= 0.3 is 0 Å². The molecule has 5 heteroatoms. The smallest absolute Gasteiger partial charge is 0.263 e. The van der Waals surface area contributed by atoms with Gasteiger partial charge < -0.3 is 5.32 Å². The van der Waals surface area contributed by atoms with E-state index in [9.17, 15) is 8.78 Å². The van der Waals surface area contributed by atoms with Gasteiger partial charge in [-0.15, -0.1) is 17.0 Å². The standard InChI is InChI=1S/C20H20F2N2.BrH/c21-20(22)17-13-5-1-3-7-15(13)19(24-11-9-23-10-12-24)16-8-4-2-6-14(16)18(17)20;/h1-8,17-19,23H,9-12H2;1H/t17-,18+,19?;. The Hall–Kier alpha value is -1.30. The van der Waals surface area contributed by atoms with Crippen molar-refractivity contribution < 1.29 is 8.78 Å². The van der Waals surface area contributed by atoms with Crippen LogP contribution in [0.25, 0.3) is 0 Å². The van der Waals surface area contributed by atoms with E-state index < -0.39 is 17.8 Å². The third-order valence-electron chi connectivity index (χ3n) is 5.82. The van der Waals surface area contributed by atoms with Crippen molar-refractivity contribution in [3.63, 3.8) is 0 Å². The Kier molecular flexibility index (Phi) is 4.21. The molecule has 2 aliphatic carbocycles. The van der Waals surface area contributed by atoms with E-state index in [0.29, 0.717) is 0 Å². The zero-order chi connectivity index (χ0) is 16.3. The fourth-order valence-electron chi connectivity index (χ4n) is 4.69. The van der Waals surface area contributed by atoms with Crippen molar-refractivity contribution in [2.24, 2.45) is 0 Å². The highest BCUT2D eigenvalue weighted by molar-refractivity contribution is 8.93. The van der Waals surface area contributed by atoms with E-state index in [1.165, 1.54) is 0 Å². The highest BCUT2D eigenvalue weighted by Gasteiger charge is 2.71. The fraction of sp³-hybridized carbons (Fsp3) is 0.400. The number of hydrogen-bond acceptors (Lipinski definition) is 2. The first-order valence-electron chi connectivity index (χ1n) is 8.70. The van der Waals surface area contributed by atoms with Crippen molar-refractivity contribution in [2.75, 3.05) is 26.2 Å². The third kappa shape index (κ3) is 2.47. The third-order valence-corrected chi connectivity index (χ3v) is 5.82. The summed E-state index contributed by atoms with van der Waals surface area (Å²) in [5, 5.41) is 3.39. The van der Waals surface area contributed by atoms with E-state index in [1.807, 2.05) is 36.4 Å². The van der Waals surface area contributed by atoms with Gasteiger partial charge in [0.05, 0.1) is 17.9 Å². The van der Waals surface area contributed by atoms with Gasteiger partial charge in [-0.3, -0.25) is 4.90 Å². The summed E-state index contributed by atoms with van der Waals surface area (Å²) in [7, 11) is 0. The summed E-state index contributed by atoms with van der Waals surface area (Å²) in [6, 6.07) is 15.8. The second-order valence-corrected chi connectivity index (χ2v) is 7.08. The Morgan fingerprint density at radius 1 is 0.800 bits per heavy atom. The summed E-state index contributed by atoms with van der Waals surface area (Å²) in [6.45, 7) is 3.78. The van der Waals surface area contributed by atoms with Crippen LogP contribution < -0.4 is 5.32 Å². The number of hydrogen-bond donors (Lipinski definition) is 1. The Bertz CT molecular complexity index is 733. The van der Waals surface area contributed by atoms with Gasteiger partial charge in [-0.2, -0.15) is 0 Å². The second kappa shape index (κ2) is 6.15. The molecule has 3 aliphatic rings. The first-order valence-corrected chi connectivity index (χ1v) is 8.70. The molecule has 1 unspecified atom stereocenters. The van der Waals surface area contributed by atoms with Gasteiger partial charge in [0.15, 0.2) is 0 Å². The van der Waals surface area contributed by atoms with E-state index in [-0.39, 0.29) is 23.0 Å². The minimum absolute atomic E-state index is 0. The molecule has 0 radical (unpaired) electrons. The summed E-state index contributed by atoms with van der Waals surface area (Å²) < 4.78 is 29.2. The number of nitrogens with zero attached hydrogens (tertiary/aromatic N) is 1. The van der Waals surface area contributed by atoms with Gasteiger partial charge in [0, 0.05) is 26.2 Å². The van der Waals surface area contributed by atoms with Crippen molar-refractivity contribution in [3.05, 3.63) is 70.8 Å². The zero-order valence-corrected chi connectivity index (χ0v) is 15.5. The average Bonchev–Trinajstić information content (AvgIpc) is 3.22. The number of fused-ring (bicyclic) bond motifs is 5. The monoisotopic (exact) mass is 406 g/mol. The molecular weight excluding hydrogens is 386 g/mol. The number of benzene rings is 2. The summed E-state index contributed by atoms with van der Waals surface area (Å²) in [4.78, 5) is 2.44. The minimum atomic E-state index is -2.62. The van der Waals surface area contributed by atoms with Crippen LogP contribution in [0.15, 0.2) is 48.5 Å².